The maximum absolute atomic E-state index is 12.3. The standard InChI is InChI=1S/C19H19NO/c21-19(15-16-7-3-1-4-8-16)20-13-11-18(12-14-20)17-9-5-2-6-10-17/h1-11H,12-15H2. The number of carbonyl (C=O) groups excluding carboxylic acids is 1. The van der Waals surface area contributed by atoms with Gasteiger partial charge in [-0.3, -0.25) is 4.79 Å². The Hall–Kier alpha value is -2.35. The van der Waals surface area contributed by atoms with E-state index < -0.39 is 0 Å². The fraction of sp³-hybridized carbons (Fsp3) is 0.211. The van der Waals surface area contributed by atoms with Crippen molar-refractivity contribution in [1.29, 1.82) is 0 Å². The first-order valence-corrected chi connectivity index (χ1v) is 7.39. The fourth-order valence-electron chi connectivity index (χ4n) is 2.69. The molecule has 0 aliphatic carbocycles. The zero-order valence-corrected chi connectivity index (χ0v) is 12.0. The van der Waals surface area contributed by atoms with Crippen LogP contribution in [0.2, 0.25) is 0 Å². The van der Waals surface area contributed by atoms with E-state index in [1.165, 1.54) is 11.1 Å². The molecule has 2 aromatic rings. The van der Waals surface area contributed by atoms with Crippen LogP contribution in [0.1, 0.15) is 17.5 Å². The van der Waals surface area contributed by atoms with E-state index in [1.54, 1.807) is 0 Å². The lowest BCUT2D eigenvalue weighted by Crippen LogP contribution is -2.35. The molecule has 0 bridgehead atoms. The molecule has 2 heteroatoms. The molecule has 0 spiro atoms. The van der Waals surface area contributed by atoms with Crippen molar-refractivity contribution in [2.75, 3.05) is 13.1 Å². The molecule has 0 aromatic heterocycles. The van der Waals surface area contributed by atoms with Crippen molar-refractivity contribution < 1.29 is 4.79 Å². The molecule has 0 atom stereocenters. The second-order valence-corrected chi connectivity index (χ2v) is 5.35. The van der Waals surface area contributed by atoms with Gasteiger partial charge in [-0.2, -0.15) is 0 Å². The lowest BCUT2D eigenvalue weighted by molar-refractivity contribution is -0.130. The average molecular weight is 277 g/mol. The predicted octanol–water partition coefficient (Wildman–Crippen LogP) is 3.55. The second kappa shape index (κ2) is 6.40. The highest BCUT2D eigenvalue weighted by Gasteiger charge is 2.17. The van der Waals surface area contributed by atoms with Crippen LogP contribution in [0, 0.1) is 0 Å². The molecule has 0 N–H and O–H groups in total. The second-order valence-electron chi connectivity index (χ2n) is 5.35. The Morgan fingerprint density at radius 3 is 2.24 bits per heavy atom. The van der Waals surface area contributed by atoms with Crippen LogP contribution in [0.15, 0.2) is 66.7 Å². The zero-order valence-electron chi connectivity index (χ0n) is 12.0. The van der Waals surface area contributed by atoms with Crippen molar-refractivity contribution in [3.63, 3.8) is 0 Å². The molecular weight excluding hydrogens is 258 g/mol. The quantitative estimate of drug-likeness (QED) is 0.840. The Morgan fingerprint density at radius 2 is 1.62 bits per heavy atom. The molecule has 0 fully saturated rings. The van der Waals surface area contributed by atoms with Crippen LogP contribution in [-0.4, -0.2) is 23.9 Å². The minimum Gasteiger partial charge on any atom is -0.338 e. The zero-order chi connectivity index (χ0) is 14.5. The fourth-order valence-corrected chi connectivity index (χ4v) is 2.69. The number of rotatable bonds is 3. The van der Waals surface area contributed by atoms with Crippen molar-refractivity contribution in [2.24, 2.45) is 0 Å². The van der Waals surface area contributed by atoms with Crippen molar-refractivity contribution >= 4 is 11.5 Å². The van der Waals surface area contributed by atoms with Crippen molar-refractivity contribution in [2.45, 2.75) is 12.8 Å². The summed E-state index contributed by atoms with van der Waals surface area (Å²) < 4.78 is 0. The van der Waals surface area contributed by atoms with Crippen LogP contribution in [-0.2, 0) is 11.2 Å². The minimum atomic E-state index is 0.213. The Labute approximate surface area is 125 Å². The summed E-state index contributed by atoms with van der Waals surface area (Å²) in [6, 6.07) is 20.4. The third kappa shape index (κ3) is 3.40. The molecule has 21 heavy (non-hydrogen) atoms. The van der Waals surface area contributed by atoms with Crippen LogP contribution >= 0.6 is 0 Å². The number of carbonyl (C=O) groups is 1. The highest BCUT2D eigenvalue weighted by atomic mass is 16.2. The summed E-state index contributed by atoms with van der Waals surface area (Å²) in [6.45, 7) is 1.53. The van der Waals surface area contributed by atoms with E-state index in [1.807, 2.05) is 41.3 Å². The molecule has 1 aliphatic heterocycles. The van der Waals surface area contributed by atoms with Gasteiger partial charge in [0.1, 0.15) is 0 Å². The molecule has 3 rings (SSSR count). The van der Waals surface area contributed by atoms with Crippen molar-refractivity contribution in [3.8, 4) is 0 Å². The molecule has 2 aromatic carbocycles. The number of amides is 1. The van der Waals surface area contributed by atoms with Gasteiger partial charge in [0, 0.05) is 13.1 Å². The molecule has 1 aliphatic rings. The number of hydrogen-bond acceptors (Lipinski definition) is 1. The SMILES string of the molecule is O=C(Cc1ccccc1)N1CC=C(c2ccccc2)CC1. The summed E-state index contributed by atoms with van der Waals surface area (Å²) in [7, 11) is 0. The minimum absolute atomic E-state index is 0.213. The maximum atomic E-state index is 12.3. The first-order chi connectivity index (χ1) is 10.3. The normalized spacial score (nSPS) is 14.7. The van der Waals surface area contributed by atoms with Crippen LogP contribution in [0.4, 0.5) is 0 Å². The van der Waals surface area contributed by atoms with Gasteiger partial charge in [-0.05, 0) is 23.1 Å². The van der Waals surface area contributed by atoms with Crippen LogP contribution in [0.5, 0.6) is 0 Å². The molecule has 0 saturated carbocycles. The van der Waals surface area contributed by atoms with Gasteiger partial charge in [0.2, 0.25) is 5.91 Å². The van der Waals surface area contributed by atoms with Crippen molar-refractivity contribution in [3.05, 3.63) is 77.9 Å². The molecule has 106 valence electrons. The van der Waals surface area contributed by atoms with E-state index in [-0.39, 0.29) is 5.91 Å². The van der Waals surface area contributed by atoms with Crippen LogP contribution in [0.3, 0.4) is 0 Å². The van der Waals surface area contributed by atoms with E-state index in [4.69, 9.17) is 0 Å². The monoisotopic (exact) mass is 277 g/mol. The summed E-state index contributed by atoms with van der Waals surface area (Å²) in [4.78, 5) is 14.3. The lowest BCUT2D eigenvalue weighted by atomic mass is 9.99. The van der Waals surface area contributed by atoms with Crippen molar-refractivity contribution in [1.82, 2.24) is 4.90 Å². The lowest BCUT2D eigenvalue weighted by Gasteiger charge is -2.26. The largest absolute Gasteiger partial charge is 0.338 e. The summed E-state index contributed by atoms with van der Waals surface area (Å²) in [6.07, 6.45) is 3.61. The highest BCUT2D eigenvalue weighted by molar-refractivity contribution is 5.80. The molecule has 1 heterocycles. The molecular formula is C19H19NO. The maximum Gasteiger partial charge on any atom is 0.227 e. The summed E-state index contributed by atoms with van der Waals surface area (Å²) in [5, 5.41) is 0. The van der Waals surface area contributed by atoms with Gasteiger partial charge >= 0.3 is 0 Å². The molecule has 1 amide bonds. The van der Waals surface area contributed by atoms with Gasteiger partial charge in [0.15, 0.2) is 0 Å². The number of hydrogen-bond donors (Lipinski definition) is 0. The first-order valence-electron chi connectivity index (χ1n) is 7.39. The first kappa shape index (κ1) is 13.6. The molecule has 0 radical (unpaired) electrons. The van der Waals surface area contributed by atoms with E-state index in [2.05, 4.69) is 30.3 Å². The Kier molecular flexibility index (Phi) is 4.15. The summed E-state index contributed by atoms with van der Waals surface area (Å²) in [5.74, 6) is 0.213. The van der Waals surface area contributed by atoms with Gasteiger partial charge < -0.3 is 4.90 Å². The third-order valence-electron chi connectivity index (χ3n) is 3.90. The third-order valence-corrected chi connectivity index (χ3v) is 3.90. The smallest absolute Gasteiger partial charge is 0.227 e. The Balaban J connectivity index is 1.63. The van der Waals surface area contributed by atoms with Gasteiger partial charge in [0.05, 0.1) is 6.42 Å². The van der Waals surface area contributed by atoms with Gasteiger partial charge in [-0.1, -0.05) is 66.7 Å². The molecule has 2 nitrogen and oxygen atoms in total. The van der Waals surface area contributed by atoms with E-state index in [9.17, 15) is 4.79 Å². The predicted molar refractivity (Wildman–Crippen MR) is 85.8 cm³/mol. The van der Waals surface area contributed by atoms with E-state index in [0.717, 1.165) is 25.1 Å². The topological polar surface area (TPSA) is 20.3 Å². The summed E-state index contributed by atoms with van der Waals surface area (Å²) >= 11 is 0. The Morgan fingerprint density at radius 1 is 0.952 bits per heavy atom. The van der Waals surface area contributed by atoms with E-state index >= 15 is 0 Å². The van der Waals surface area contributed by atoms with Crippen LogP contribution in [0.25, 0.3) is 5.57 Å². The van der Waals surface area contributed by atoms with E-state index in [0.29, 0.717) is 6.42 Å². The summed E-state index contributed by atoms with van der Waals surface area (Å²) in [5.41, 5.74) is 3.70. The van der Waals surface area contributed by atoms with Crippen LogP contribution < -0.4 is 0 Å². The Bertz CT molecular complexity index is 631. The highest BCUT2D eigenvalue weighted by Crippen LogP contribution is 2.22. The van der Waals surface area contributed by atoms with Gasteiger partial charge in [-0.25, -0.2) is 0 Å². The number of benzene rings is 2. The number of nitrogens with zero attached hydrogens (tertiary/aromatic N) is 1. The van der Waals surface area contributed by atoms with Gasteiger partial charge in [-0.15, -0.1) is 0 Å². The molecule has 0 unspecified atom stereocenters. The average Bonchev–Trinajstić information content (AvgIpc) is 2.57. The molecule has 0 saturated heterocycles. The van der Waals surface area contributed by atoms with Gasteiger partial charge in [0.25, 0.3) is 0 Å².